The Balaban J connectivity index is 2.22. The van der Waals surface area contributed by atoms with Crippen molar-refractivity contribution in [1.29, 1.82) is 0 Å². The average Bonchev–Trinajstić information content (AvgIpc) is 2.60. The fraction of sp³-hybridized carbons (Fsp3) is 0.200. The Morgan fingerprint density at radius 1 is 1.04 bits per heavy atom. The zero-order chi connectivity index (χ0) is 17.1. The molecule has 0 saturated heterocycles. The molecule has 0 aliphatic rings. The summed E-state index contributed by atoms with van der Waals surface area (Å²) in [6, 6.07) is 17.3. The van der Waals surface area contributed by atoms with E-state index in [4.69, 9.17) is 9.47 Å². The molecule has 0 bridgehead atoms. The van der Waals surface area contributed by atoms with Crippen molar-refractivity contribution < 1.29 is 14.3 Å². The van der Waals surface area contributed by atoms with Gasteiger partial charge in [0.25, 0.3) is 0 Å². The van der Waals surface area contributed by atoms with E-state index in [2.05, 4.69) is 4.98 Å². The molecule has 122 valence electrons. The van der Waals surface area contributed by atoms with E-state index in [1.807, 2.05) is 62.4 Å². The zero-order valence-corrected chi connectivity index (χ0v) is 13.9. The van der Waals surface area contributed by atoms with Crippen LogP contribution in [0.5, 0.6) is 5.75 Å². The number of fused-ring (bicyclic) bond motifs is 1. The molecule has 3 rings (SSSR count). The summed E-state index contributed by atoms with van der Waals surface area (Å²) in [7, 11) is 1.63. The van der Waals surface area contributed by atoms with E-state index in [1.54, 1.807) is 13.2 Å². The highest BCUT2D eigenvalue weighted by molar-refractivity contribution is 6.00. The van der Waals surface area contributed by atoms with Crippen LogP contribution < -0.4 is 4.74 Å². The minimum Gasteiger partial charge on any atom is -0.497 e. The number of ether oxygens (including phenoxy) is 2. The number of methoxy groups -OCH3 is 1. The van der Waals surface area contributed by atoms with Crippen molar-refractivity contribution in [2.45, 2.75) is 20.0 Å². The Kier molecular flexibility index (Phi) is 4.47. The number of hydrogen-bond donors (Lipinski definition) is 0. The topological polar surface area (TPSA) is 48.4 Å². The molecule has 0 fully saturated rings. The predicted octanol–water partition coefficient (Wildman–Crippen LogP) is 4.48. The number of rotatable bonds is 4. The number of benzene rings is 2. The third-order valence-corrected chi connectivity index (χ3v) is 3.65. The predicted molar refractivity (Wildman–Crippen MR) is 94.3 cm³/mol. The van der Waals surface area contributed by atoms with Crippen LogP contribution in [-0.2, 0) is 4.74 Å². The van der Waals surface area contributed by atoms with Crippen LogP contribution >= 0.6 is 0 Å². The van der Waals surface area contributed by atoms with Crippen molar-refractivity contribution in [2.75, 3.05) is 7.11 Å². The minimum atomic E-state index is -0.417. The first kappa shape index (κ1) is 16.0. The normalized spacial score (nSPS) is 10.8. The second kappa shape index (κ2) is 6.71. The van der Waals surface area contributed by atoms with Crippen molar-refractivity contribution >= 4 is 16.9 Å². The Morgan fingerprint density at radius 3 is 2.46 bits per heavy atom. The molecule has 0 amide bonds. The van der Waals surface area contributed by atoms with Gasteiger partial charge in [-0.1, -0.05) is 30.3 Å². The third-order valence-electron chi connectivity index (χ3n) is 3.65. The molecule has 0 spiro atoms. The van der Waals surface area contributed by atoms with E-state index in [0.717, 1.165) is 27.8 Å². The molecule has 2 aromatic carbocycles. The fourth-order valence-corrected chi connectivity index (χ4v) is 2.57. The maximum atomic E-state index is 12.3. The lowest BCUT2D eigenvalue weighted by molar-refractivity contribution is 0.0371. The molecule has 24 heavy (non-hydrogen) atoms. The molecule has 0 aliphatic carbocycles. The Bertz CT molecular complexity index is 873. The van der Waals surface area contributed by atoms with Crippen molar-refractivity contribution in [1.82, 2.24) is 4.98 Å². The standard InChI is InChI=1S/C20H19NO3/c1-13(2)24-20(22)19-12-16(14-7-5-4-6-8-14)17-11-15(23-3)9-10-18(17)21-19/h4-13H,1-3H3. The number of hydrogen-bond acceptors (Lipinski definition) is 4. The van der Waals surface area contributed by atoms with E-state index >= 15 is 0 Å². The highest BCUT2D eigenvalue weighted by atomic mass is 16.5. The molecule has 0 aliphatic heterocycles. The Hall–Kier alpha value is -2.88. The molecular weight excluding hydrogens is 302 g/mol. The zero-order valence-electron chi connectivity index (χ0n) is 13.9. The number of carbonyl (C=O) groups excluding carboxylic acids is 1. The number of pyridine rings is 1. The van der Waals surface area contributed by atoms with Gasteiger partial charge in [-0.2, -0.15) is 0 Å². The van der Waals surface area contributed by atoms with Crippen molar-refractivity contribution in [2.24, 2.45) is 0 Å². The van der Waals surface area contributed by atoms with Crippen LogP contribution in [-0.4, -0.2) is 24.2 Å². The van der Waals surface area contributed by atoms with Crippen molar-refractivity contribution in [3.05, 3.63) is 60.3 Å². The van der Waals surface area contributed by atoms with Gasteiger partial charge < -0.3 is 9.47 Å². The van der Waals surface area contributed by atoms with E-state index in [-0.39, 0.29) is 6.10 Å². The van der Waals surface area contributed by atoms with E-state index in [1.165, 1.54) is 0 Å². The quantitative estimate of drug-likeness (QED) is 0.665. The lowest BCUT2D eigenvalue weighted by Gasteiger charge is -2.12. The van der Waals surface area contributed by atoms with Gasteiger partial charge in [-0.3, -0.25) is 0 Å². The second-order valence-electron chi connectivity index (χ2n) is 5.76. The van der Waals surface area contributed by atoms with Gasteiger partial charge >= 0.3 is 5.97 Å². The van der Waals surface area contributed by atoms with Crippen LogP contribution in [0, 0.1) is 0 Å². The molecule has 1 aromatic heterocycles. The van der Waals surface area contributed by atoms with Gasteiger partial charge in [0.2, 0.25) is 0 Å². The summed E-state index contributed by atoms with van der Waals surface area (Å²) in [6.07, 6.45) is -0.189. The van der Waals surface area contributed by atoms with Gasteiger partial charge in [0, 0.05) is 5.39 Å². The SMILES string of the molecule is COc1ccc2nc(C(=O)OC(C)C)cc(-c3ccccc3)c2c1. The van der Waals surface area contributed by atoms with Gasteiger partial charge in [0.1, 0.15) is 11.4 Å². The molecule has 0 N–H and O–H groups in total. The smallest absolute Gasteiger partial charge is 0.357 e. The van der Waals surface area contributed by atoms with Crippen LogP contribution in [0.15, 0.2) is 54.6 Å². The molecule has 0 unspecified atom stereocenters. The molecule has 0 atom stereocenters. The summed E-state index contributed by atoms with van der Waals surface area (Å²) >= 11 is 0. The number of aromatic nitrogens is 1. The minimum absolute atomic E-state index is 0.189. The number of nitrogens with zero attached hydrogens (tertiary/aromatic N) is 1. The Labute approximate surface area is 141 Å². The molecular formula is C20H19NO3. The number of esters is 1. The summed E-state index contributed by atoms with van der Waals surface area (Å²) < 4.78 is 10.6. The first-order chi connectivity index (χ1) is 11.6. The molecule has 0 saturated carbocycles. The summed E-state index contributed by atoms with van der Waals surface area (Å²) in [5.41, 5.74) is 2.97. The molecule has 4 heteroatoms. The van der Waals surface area contributed by atoms with Crippen molar-refractivity contribution in [3.8, 4) is 16.9 Å². The second-order valence-corrected chi connectivity index (χ2v) is 5.76. The summed E-state index contributed by atoms with van der Waals surface area (Å²) in [5, 5.41) is 0.932. The van der Waals surface area contributed by atoms with E-state index < -0.39 is 5.97 Å². The lowest BCUT2D eigenvalue weighted by Crippen LogP contribution is -2.13. The summed E-state index contributed by atoms with van der Waals surface area (Å²) in [6.45, 7) is 3.64. The monoisotopic (exact) mass is 321 g/mol. The van der Waals surface area contributed by atoms with Crippen LogP contribution in [0.3, 0.4) is 0 Å². The van der Waals surface area contributed by atoms with Crippen LogP contribution in [0.1, 0.15) is 24.3 Å². The molecule has 1 heterocycles. The first-order valence-electron chi connectivity index (χ1n) is 7.83. The van der Waals surface area contributed by atoms with Gasteiger partial charge in [0.05, 0.1) is 18.7 Å². The maximum Gasteiger partial charge on any atom is 0.357 e. The van der Waals surface area contributed by atoms with Crippen molar-refractivity contribution in [3.63, 3.8) is 0 Å². The van der Waals surface area contributed by atoms with Gasteiger partial charge in [-0.05, 0) is 49.2 Å². The average molecular weight is 321 g/mol. The summed E-state index contributed by atoms with van der Waals surface area (Å²) in [5.74, 6) is 0.332. The molecule has 3 aromatic rings. The molecule has 4 nitrogen and oxygen atoms in total. The maximum absolute atomic E-state index is 12.3. The van der Waals surface area contributed by atoms with Crippen LogP contribution in [0.2, 0.25) is 0 Å². The van der Waals surface area contributed by atoms with Crippen LogP contribution in [0.4, 0.5) is 0 Å². The fourth-order valence-electron chi connectivity index (χ4n) is 2.57. The van der Waals surface area contributed by atoms with E-state index in [0.29, 0.717) is 5.69 Å². The van der Waals surface area contributed by atoms with Gasteiger partial charge in [-0.15, -0.1) is 0 Å². The highest BCUT2D eigenvalue weighted by Gasteiger charge is 2.16. The third kappa shape index (κ3) is 3.23. The largest absolute Gasteiger partial charge is 0.497 e. The van der Waals surface area contributed by atoms with Gasteiger partial charge in [0.15, 0.2) is 0 Å². The Morgan fingerprint density at radius 2 is 1.79 bits per heavy atom. The van der Waals surface area contributed by atoms with Gasteiger partial charge in [-0.25, -0.2) is 9.78 Å². The first-order valence-corrected chi connectivity index (χ1v) is 7.83. The number of carbonyl (C=O) groups is 1. The lowest BCUT2D eigenvalue weighted by atomic mass is 10.00. The highest BCUT2D eigenvalue weighted by Crippen LogP contribution is 2.31. The molecule has 0 radical (unpaired) electrons. The summed E-state index contributed by atoms with van der Waals surface area (Å²) in [4.78, 5) is 16.8. The van der Waals surface area contributed by atoms with E-state index in [9.17, 15) is 4.79 Å². The van der Waals surface area contributed by atoms with Crippen LogP contribution in [0.25, 0.3) is 22.0 Å².